The van der Waals surface area contributed by atoms with Crippen LogP contribution in [0.5, 0.6) is 11.5 Å². The highest BCUT2D eigenvalue weighted by atomic mass is 19.1. The summed E-state index contributed by atoms with van der Waals surface area (Å²) in [6.45, 7) is 1.96. The minimum atomic E-state index is -0.257. The summed E-state index contributed by atoms with van der Waals surface area (Å²) >= 11 is 0. The van der Waals surface area contributed by atoms with Gasteiger partial charge in [-0.25, -0.2) is 4.39 Å². The van der Waals surface area contributed by atoms with E-state index in [0.29, 0.717) is 19.0 Å². The summed E-state index contributed by atoms with van der Waals surface area (Å²) in [5.41, 5.74) is 1.19. The molecule has 0 aliphatic carbocycles. The first-order chi connectivity index (χ1) is 10.3. The van der Waals surface area contributed by atoms with Gasteiger partial charge in [0.1, 0.15) is 17.3 Å². The number of rotatable bonds is 8. The smallest absolute Gasteiger partial charge is 0.123 e. The van der Waals surface area contributed by atoms with Gasteiger partial charge in [0.2, 0.25) is 0 Å². The Bertz CT molecular complexity index is 543. The van der Waals surface area contributed by atoms with Gasteiger partial charge in [-0.1, -0.05) is 12.1 Å². The Hall–Kier alpha value is -2.07. The average Bonchev–Trinajstić information content (AvgIpc) is 2.50. The van der Waals surface area contributed by atoms with Crippen molar-refractivity contribution in [1.82, 2.24) is 5.32 Å². The topological polar surface area (TPSA) is 30.5 Å². The molecule has 2 aromatic carbocycles. The SMILES string of the molecule is CNCc1cccc(OCCCOc2ccc(F)cc2)c1. The number of hydrogen-bond donors (Lipinski definition) is 1. The molecule has 0 aromatic heterocycles. The fourth-order valence-electron chi connectivity index (χ4n) is 1.92. The molecule has 0 atom stereocenters. The van der Waals surface area contributed by atoms with Gasteiger partial charge in [-0.3, -0.25) is 0 Å². The van der Waals surface area contributed by atoms with Crippen LogP contribution in [0.1, 0.15) is 12.0 Å². The van der Waals surface area contributed by atoms with Crippen LogP contribution >= 0.6 is 0 Å². The minimum Gasteiger partial charge on any atom is -0.493 e. The Labute approximate surface area is 124 Å². The Morgan fingerprint density at radius 3 is 2.38 bits per heavy atom. The lowest BCUT2D eigenvalue weighted by Gasteiger charge is -2.09. The molecule has 0 spiro atoms. The van der Waals surface area contributed by atoms with Crippen LogP contribution in [0, 0.1) is 5.82 Å². The summed E-state index contributed by atoms with van der Waals surface area (Å²) in [5.74, 6) is 1.28. The molecular formula is C17H20FNO2. The van der Waals surface area contributed by atoms with Crippen LogP contribution in [0.4, 0.5) is 4.39 Å². The van der Waals surface area contributed by atoms with Crippen LogP contribution in [-0.4, -0.2) is 20.3 Å². The maximum absolute atomic E-state index is 12.7. The van der Waals surface area contributed by atoms with Crippen molar-refractivity contribution in [3.05, 3.63) is 59.9 Å². The average molecular weight is 289 g/mol. The van der Waals surface area contributed by atoms with E-state index in [2.05, 4.69) is 11.4 Å². The van der Waals surface area contributed by atoms with E-state index in [1.54, 1.807) is 12.1 Å². The molecule has 0 bridgehead atoms. The van der Waals surface area contributed by atoms with E-state index in [0.717, 1.165) is 18.7 Å². The molecule has 0 amide bonds. The Balaban J connectivity index is 1.67. The summed E-state index contributed by atoms with van der Waals surface area (Å²) in [4.78, 5) is 0. The van der Waals surface area contributed by atoms with Crippen LogP contribution in [0.3, 0.4) is 0 Å². The zero-order valence-electron chi connectivity index (χ0n) is 12.1. The lowest BCUT2D eigenvalue weighted by atomic mass is 10.2. The standard InChI is InChI=1S/C17H20FNO2/c1-19-13-14-4-2-5-17(12-14)21-11-3-10-20-16-8-6-15(18)7-9-16/h2,4-9,12,19H,3,10-11,13H2,1H3. The van der Waals surface area contributed by atoms with E-state index >= 15 is 0 Å². The highest BCUT2D eigenvalue weighted by molar-refractivity contribution is 5.28. The zero-order chi connectivity index (χ0) is 14.9. The fraction of sp³-hybridized carbons (Fsp3) is 0.294. The number of benzene rings is 2. The summed E-state index contributed by atoms with van der Waals surface area (Å²) in [5, 5.41) is 3.11. The lowest BCUT2D eigenvalue weighted by molar-refractivity contribution is 0.247. The van der Waals surface area contributed by atoms with Gasteiger partial charge < -0.3 is 14.8 Å². The fourth-order valence-corrected chi connectivity index (χ4v) is 1.92. The molecule has 0 unspecified atom stereocenters. The van der Waals surface area contributed by atoms with Gasteiger partial charge in [-0.15, -0.1) is 0 Å². The quantitative estimate of drug-likeness (QED) is 0.756. The van der Waals surface area contributed by atoms with Crippen LogP contribution in [-0.2, 0) is 6.54 Å². The van der Waals surface area contributed by atoms with Gasteiger partial charge in [-0.05, 0) is 49.0 Å². The monoisotopic (exact) mass is 289 g/mol. The first-order valence-electron chi connectivity index (χ1n) is 7.02. The molecule has 0 saturated heterocycles. The molecule has 0 radical (unpaired) electrons. The van der Waals surface area contributed by atoms with Gasteiger partial charge in [0.25, 0.3) is 0 Å². The number of halogens is 1. The lowest BCUT2D eigenvalue weighted by Crippen LogP contribution is -2.07. The highest BCUT2D eigenvalue weighted by Gasteiger charge is 1.98. The van der Waals surface area contributed by atoms with Crippen LogP contribution < -0.4 is 14.8 Å². The number of ether oxygens (including phenoxy) is 2. The van der Waals surface area contributed by atoms with Crippen molar-refractivity contribution in [2.24, 2.45) is 0 Å². The van der Waals surface area contributed by atoms with Crippen molar-refractivity contribution in [2.75, 3.05) is 20.3 Å². The summed E-state index contributed by atoms with van der Waals surface area (Å²) in [7, 11) is 1.92. The van der Waals surface area contributed by atoms with E-state index in [1.807, 2.05) is 25.2 Å². The Morgan fingerprint density at radius 2 is 1.67 bits per heavy atom. The normalized spacial score (nSPS) is 10.4. The maximum atomic E-state index is 12.7. The largest absolute Gasteiger partial charge is 0.493 e. The third kappa shape index (κ3) is 5.44. The summed E-state index contributed by atoms with van der Waals surface area (Å²) in [6, 6.07) is 14.0. The Morgan fingerprint density at radius 1 is 0.952 bits per heavy atom. The van der Waals surface area contributed by atoms with Gasteiger partial charge in [-0.2, -0.15) is 0 Å². The third-order valence-corrected chi connectivity index (χ3v) is 2.92. The second-order valence-corrected chi connectivity index (χ2v) is 4.68. The Kier molecular flexibility index (Phi) is 6.03. The molecule has 0 aliphatic heterocycles. The van der Waals surface area contributed by atoms with E-state index in [9.17, 15) is 4.39 Å². The molecule has 3 nitrogen and oxygen atoms in total. The maximum Gasteiger partial charge on any atom is 0.123 e. The van der Waals surface area contributed by atoms with Crippen LogP contribution in [0.25, 0.3) is 0 Å². The second kappa shape index (κ2) is 8.27. The van der Waals surface area contributed by atoms with Crippen molar-refractivity contribution in [1.29, 1.82) is 0 Å². The highest BCUT2D eigenvalue weighted by Crippen LogP contribution is 2.14. The molecule has 21 heavy (non-hydrogen) atoms. The zero-order valence-corrected chi connectivity index (χ0v) is 12.1. The van der Waals surface area contributed by atoms with Gasteiger partial charge >= 0.3 is 0 Å². The predicted molar refractivity (Wildman–Crippen MR) is 81.2 cm³/mol. The molecule has 0 aliphatic rings. The van der Waals surface area contributed by atoms with Gasteiger partial charge in [0.05, 0.1) is 13.2 Å². The summed E-state index contributed by atoms with van der Waals surface area (Å²) < 4.78 is 23.9. The van der Waals surface area contributed by atoms with E-state index in [-0.39, 0.29) is 5.82 Å². The molecule has 0 fully saturated rings. The summed E-state index contributed by atoms with van der Waals surface area (Å²) in [6.07, 6.45) is 0.771. The van der Waals surface area contributed by atoms with E-state index < -0.39 is 0 Å². The molecule has 2 aromatic rings. The molecule has 4 heteroatoms. The minimum absolute atomic E-state index is 0.257. The first kappa shape index (κ1) is 15.3. The third-order valence-electron chi connectivity index (χ3n) is 2.92. The van der Waals surface area contributed by atoms with Crippen molar-refractivity contribution in [3.8, 4) is 11.5 Å². The molecule has 1 N–H and O–H groups in total. The van der Waals surface area contributed by atoms with Crippen molar-refractivity contribution >= 4 is 0 Å². The van der Waals surface area contributed by atoms with Crippen molar-refractivity contribution in [3.63, 3.8) is 0 Å². The molecule has 2 rings (SSSR count). The molecule has 0 saturated carbocycles. The van der Waals surface area contributed by atoms with E-state index in [1.165, 1.54) is 17.7 Å². The first-order valence-corrected chi connectivity index (χ1v) is 7.02. The van der Waals surface area contributed by atoms with Gasteiger partial charge in [0, 0.05) is 13.0 Å². The molecule has 0 heterocycles. The molecule has 112 valence electrons. The van der Waals surface area contributed by atoms with E-state index in [4.69, 9.17) is 9.47 Å². The van der Waals surface area contributed by atoms with Crippen molar-refractivity contribution < 1.29 is 13.9 Å². The second-order valence-electron chi connectivity index (χ2n) is 4.68. The van der Waals surface area contributed by atoms with Crippen LogP contribution in [0.15, 0.2) is 48.5 Å². The van der Waals surface area contributed by atoms with Gasteiger partial charge in [0.15, 0.2) is 0 Å². The number of nitrogens with one attached hydrogen (secondary N) is 1. The van der Waals surface area contributed by atoms with Crippen molar-refractivity contribution in [2.45, 2.75) is 13.0 Å². The van der Waals surface area contributed by atoms with Crippen LogP contribution in [0.2, 0.25) is 0 Å². The predicted octanol–water partition coefficient (Wildman–Crippen LogP) is 3.39. The molecular weight excluding hydrogens is 269 g/mol. The number of hydrogen-bond acceptors (Lipinski definition) is 3.